The first-order valence-electron chi connectivity index (χ1n) is 10.0. The zero-order chi connectivity index (χ0) is 17.8. The lowest BCUT2D eigenvalue weighted by molar-refractivity contribution is 0.0738. The van der Waals surface area contributed by atoms with Gasteiger partial charge in [-0.25, -0.2) is 0 Å². The summed E-state index contributed by atoms with van der Waals surface area (Å²) >= 11 is 0. The molecule has 0 atom stereocenters. The molecule has 2 aliphatic rings. The van der Waals surface area contributed by atoms with Gasteiger partial charge in [-0.1, -0.05) is 42.0 Å². The van der Waals surface area contributed by atoms with Crippen molar-refractivity contribution < 1.29 is 4.74 Å². The Morgan fingerprint density at radius 1 is 0.846 bits per heavy atom. The molecule has 3 nitrogen and oxygen atoms in total. The van der Waals surface area contributed by atoms with Crippen molar-refractivity contribution in [2.45, 2.75) is 44.7 Å². The molecular formula is C23H30N2O. The van der Waals surface area contributed by atoms with Crippen LogP contribution in [0.4, 0.5) is 5.69 Å². The minimum absolute atomic E-state index is 0.658. The third kappa shape index (κ3) is 4.28. The molecule has 0 radical (unpaired) electrons. The van der Waals surface area contributed by atoms with Crippen LogP contribution >= 0.6 is 0 Å². The van der Waals surface area contributed by atoms with Gasteiger partial charge in [0, 0.05) is 44.1 Å². The van der Waals surface area contributed by atoms with E-state index in [1.807, 2.05) is 0 Å². The number of aryl methyl sites for hydroxylation is 1. The predicted molar refractivity (Wildman–Crippen MR) is 109 cm³/mol. The summed E-state index contributed by atoms with van der Waals surface area (Å²) < 4.78 is 5.47. The van der Waals surface area contributed by atoms with Crippen LogP contribution in [0.2, 0.25) is 0 Å². The van der Waals surface area contributed by atoms with E-state index in [-0.39, 0.29) is 0 Å². The Morgan fingerprint density at radius 2 is 1.54 bits per heavy atom. The molecule has 0 aromatic heterocycles. The first kappa shape index (κ1) is 17.6. The monoisotopic (exact) mass is 350 g/mol. The van der Waals surface area contributed by atoms with Gasteiger partial charge in [0.05, 0.1) is 0 Å². The van der Waals surface area contributed by atoms with E-state index in [0.29, 0.717) is 12.1 Å². The third-order valence-corrected chi connectivity index (χ3v) is 5.78. The fraction of sp³-hybridized carbons (Fsp3) is 0.478. The van der Waals surface area contributed by atoms with E-state index in [1.165, 1.54) is 48.1 Å². The van der Waals surface area contributed by atoms with E-state index in [1.54, 1.807) is 0 Å². The molecule has 0 saturated carbocycles. The normalized spacial score (nSPS) is 19.7. The van der Waals surface area contributed by atoms with Gasteiger partial charge < -0.3 is 15.0 Å². The number of rotatable bonds is 4. The Kier molecular flexibility index (Phi) is 5.57. The second kappa shape index (κ2) is 8.24. The topological polar surface area (TPSA) is 24.5 Å². The molecule has 2 aromatic rings. The standard InChI is InChI=1S/C23H30N2O/c1-18-5-7-19(8-6-18)20-3-2-4-23(17-20)25-13-9-21(10-14-25)24-22-11-15-26-16-12-22/h2-8,17,21-22,24H,9-16H2,1H3. The molecule has 138 valence electrons. The molecule has 2 fully saturated rings. The van der Waals surface area contributed by atoms with Gasteiger partial charge in [0.2, 0.25) is 0 Å². The predicted octanol–water partition coefficient (Wildman–Crippen LogP) is 4.40. The number of piperidine rings is 1. The first-order chi connectivity index (χ1) is 12.8. The van der Waals surface area contributed by atoms with Gasteiger partial charge in [0.1, 0.15) is 0 Å². The molecule has 0 aliphatic carbocycles. The average Bonchev–Trinajstić information content (AvgIpc) is 2.70. The Bertz CT molecular complexity index is 698. The average molecular weight is 351 g/mol. The summed E-state index contributed by atoms with van der Waals surface area (Å²) in [7, 11) is 0. The van der Waals surface area contributed by atoms with E-state index in [4.69, 9.17) is 4.74 Å². The summed E-state index contributed by atoms with van der Waals surface area (Å²) in [6.45, 7) is 6.25. The summed E-state index contributed by atoms with van der Waals surface area (Å²) in [4.78, 5) is 2.54. The highest BCUT2D eigenvalue weighted by Gasteiger charge is 2.23. The lowest BCUT2D eigenvalue weighted by Gasteiger charge is -2.36. The highest BCUT2D eigenvalue weighted by atomic mass is 16.5. The molecule has 0 amide bonds. The van der Waals surface area contributed by atoms with Crippen molar-refractivity contribution >= 4 is 5.69 Å². The molecule has 2 aliphatic heterocycles. The molecule has 1 N–H and O–H groups in total. The molecular weight excluding hydrogens is 320 g/mol. The minimum Gasteiger partial charge on any atom is -0.381 e. The zero-order valence-corrected chi connectivity index (χ0v) is 15.8. The van der Waals surface area contributed by atoms with Crippen molar-refractivity contribution in [3.63, 3.8) is 0 Å². The Hall–Kier alpha value is -1.84. The molecule has 4 rings (SSSR count). The lowest BCUT2D eigenvalue weighted by Crippen LogP contribution is -2.47. The van der Waals surface area contributed by atoms with Crippen LogP contribution in [0.25, 0.3) is 11.1 Å². The Labute approximate surface area is 157 Å². The summed E-state index contributed by atoms with van der Waals surface area (Å²) in [5, 5.41) is 3.87. The molecule has 2 saturated heterocycles. The van der Waals surface area contributed by atoms with Crippen LogP contribution < -0.4 is 10.2 Å². The van der Waals surface area contributed by atoms with Gasteiger partial charge in [0.25, 0.3) is 0 Å². The second-order valence-electron chi connectivity index (χ2n) is 7.73. The van der Waals surface area contributed by atoms with Crippen LogP contribution in [0, 0.1) is 6.92 Å². The number of hydrogen-bond donors (Lipinski definition) is 1. The van der Waals surface area contributed by atoms with E-state index in [0.717, 1.165) is 26.3 Å². The van der Waals surface area contributed by atoms with Crippen LogP contribution in [-0.4, -0.2) is 38.4 Å². The molecule has 0 unspecified atom stereocenters. The first-order valence-corrected chi connectivity index (χ1v) is 10.0. The quantitative estimate of drug-likeness (QED) is 0.884. The van der Waals surface area contributed by atoms with Crippen molar-refractivity contribution in [2.24, 2.45) is 0 Å². The lowest BCUT2D eigenvalue weighted by atomic mass is 9.99. The summed E-state index contributed by atoms with van der Waals surface area (Å²) in [6.07, 6.45) is 4.79. The van der Waals surface area contributed by atoms with Crippen LogP contribution in [0.5, 0.6) is 0 Å². The fourth-order valence-corrected chi connectivity index (χ4v) is 4.13. The Morgan fingerprint density at radius 3 is 2.27 bits per heavy atom. The number of nitrogens with one attached hydrogen (secondary N) is 1. The highest BCUT2D eigenvalue weighted by Crippen LogP contribution is 2.27. The number of ether oxygens (including phenoxy) is 1. The minimum atomic E-state index is 0.658. The van der Waals surface area contributed by atoms with Crippen LogP contribution in [0.15, 0.2) is 48.5 Å². The van der Waals surface area contributed by atoms with Crippen LogP contribution in [-0.2, 0) is 4.74 Å². The van der Waals surface area contributed by atoms with Crippen molar-refractivity contribution in [1.29, 1.82) is 0 Å². The zero-order valence-electron chi connectivity index (χ0n) is 15.8. The second-order valence-corrected chi connectivity index (χ2v) is 7.73. The van der Waals surface area contributed by atoms with Crippen molar-refractivity contribution in [2.75, 3.05) is 31.2 Å². The maximum absolute atomic E-state index is 5.47. The van der Waals surface area contributed by atoms with Crippen molar-refractivity contribution in [3.8, 4) is 11.1 Å². The highest BCUT2D eigenvalue weighted by molar-refractivity contribution is 5.68. The molecule has 0 bridgehead atoms. The van der Waals surface area contributed by atoms with E-state index in [2.05, 4.69) is 65.7 Å². The molecule has 2 heterocycles. The maximum Gasteiger partial charge on any atom is 0.0480 e. The number of hydrogen-bond acceptors (Lipinski definition) is 3. The maximum atomic E-state index is 5.47. The molecule has 26 heavy (non-hydrogen) atoms. The van der Waals surface area contributed by atoms with Gasteiger partial charge in [-0.05, 0) is 55.9 Å². The van der Waals surface area contributed by atoms with E-state index >= 15 is 0 Å². The van der Waals surface area contributed by atoms with E-state index in [9.17, 15) is 0 Å². The SMILES string of the molecule is Cc1ccc(-c2cccc(N3CCC(NC4CCOCC4)CC3)c2)cc1. The van der Waals surface area contributed by atoms with E-state index < -0.39 is 0 Å². The summed E-state index contributed by atoms with van der Waals surface area (Å²) in [5.41, 5.74) is 5.27. The fourth-order valence-electron chi connectivity index (χ4n) is 4.13. The Balaban J connectivity index is 1.37. The van der Waals surface area contributed by atoms with Gasteiger partial charge >= 0.3 is 0 Å². The van der Waals surface area contributed by atoms with Gasteiger partial charge in [-0.3, -0.25) is 0 Å². The van der Waals surface area contributed by atoms with Gasteiger partial charge in [-0.2, -0.15) is 0 Å². The molecule has 3 heteroatoms. The van der Waals surface area contributed by atoms with Crippen LogP contribution in [0.3, 0.4) is 0 Å². The number of anilines is 1. The largest absolute Gasteiger partial charge is 0.381 e. The smallest absolute Gasteiger partial charge is 0.0480 e. The van der Waals surface area contributed by atoms with Crippen LogP contribution in [0.1, 0.15) is 31.2 Å². The third-order valence-electron chi connectivity index (χ3n) is 5.78. The van der Waals surface area contributed by atoms with Gasteiger partial charge in [-0.15, -0.1) is 0 Å². The summed E-state index contributed by atoms with van der Waals surface area (Å²) in [5.74, 6) is 0. The molecule has 0 spiro atoms. The van der Waals surface area contributed by atoms with Crippen molar-refractivity contribution in [3.05, 3.63) is 54.1 Å². The van der Waals surface area contributed by atoms with Gasteiger partial charge in [0.15, 0.2) is 0 Å². The van der Waals surface area contributed by atoms with Crippen molar-refractivity contribution in [1.82, 2.24) is 5.32 Å². The molecule has 2 aromatic carbocycles. The summed E-state index contributed by atoms with van der Waals surface area (Å²) in [6, 6.07) is 19.1. The number of benzene rings is 2. The number of nitrogens with zero attached hydrogens (tertiary/aromatic N) is 1.